The Kier molecular flexibility index (Phi) is 3.22. The minimum atomic E-state index is -0.744. The van der Waals surface area contributed by atoms with E-state index in [1.54, 1.807) is 24.5 Å². The van der Waals surface area contributed by atoms with Crippen molar-refractivity contribution < 1.29 is 5.11 Å². The number of aromatic nitrogens is 1. The van der Waals surface area contributed by atoms with Gasteiger partial charge in [0.05, 0.1) is 0 Å². The third-order valence-electron chi connectivity index (χ3n) is 2.34. The number of aliphatic hydroxyl groups excluding tert-OH is 1. The summed E-state index contributed by atoms with van der Waals surface area (Å²) in [5, 5.41) is 10.2. The standard InChI is InChI=1S/C12H11BrN2O/c13-9-3-4-11(14)10(6-9)12(16)8-2-1-5-15-7-8/h1-7,12,16H,14H2. The normalized spacial score (nSPS) is 12.4. The van der Waals surface area contributed by atoms with Crippen molar-refractivity contribution >= 4 is 21.6 Å². The molecule has 16 heavy (non-hydrogen) atoms. The smallest absolute Gasteiger partial charge is 0.108 e. The van der Waals surface area contributed by atoms with Crippen LogP contribution in [0.3, 0.4) is 0 Å². The molecule has 1 aromatic heterocycles. The van der Waals surface area contributed by atoms with Crippen LogP contribution in [0.25, 0.3) is 0 Å². The minimum absolute atomic E-state index is 0.569. The molecule has 3 N–H and O–H groups in total. The Hall–Kier alpha value is -1.39. The molecule has 0 saturated carbocycles. The third-order valence-corrected chi connectivity index (χ3v) is 2.84. The largest absolute Gasteiger partial charge is 0.398 e. The Balaban J connectivity index is 2.41. The van der Waals surface area contributed by atoms with Crippen LogP contribution in [-0.2, 0) is 0 Å². The zero-order valence-electron chi connectivity index (χ0n) is 8.47. The molecule has 1 heterocycles. The number of benzene rings is 1. The highest BCUT2D eigenvalue weighted by atomic mass is 79.9. The Bertz CT molecular complexity index is 488. The van der Waals surface area contributed by atoms with Gasteiger partial charge in [0.15, 0.2) is 0 Å². The molecule has 0 aliphatic heterocycles. The van der Waals surface area contributed by atoms with Crippen molar-refractivity contribution in [3.63, 3.8) is 0 Å². The third kappa shape index (κ3) is 2.23. The maximum Gasteiger partial charge on any atom is 0.108 e. The molecule has 1 atom stereocenters. The van der Waals surface area contributed by atoms with Crippen LogP contribution in [0, 0.1) is 0 Å². The summed E-state index contributed by atoms with van der Waals surface area (Å²) in [4.78, 5) is 3.97. The summed E-state index contributed by atoms with van der Waals surface area (Å²) in [6.45, 7) is 0. The monoisotopic (exact) mass is 278 g/mol. The fourth-order valence-electron chi connectivity index (χ4n) is 1.50. The fourth-order valence-corrected chi connectivity index (χ4v) is 1.88. The van der Waals surface area contributed by atoms with E-state index in [4.69, 9.17) is 5.73 Å². The predicted molar refractivity (Wildman–Crippen MR) is 66.9 cm³/mol. The zero-order valence-corrected chi connectivity index (χ0v) is 10.1. The average molecular weight is 279 g/mol. The Labute approximate surface area is 102 Å². The van der Waals surface area contributed by atoms with Gasteiger partial charge in [-0.2, -0.15) is 0 Å². The Morgan fingerprint density at radius 3 is 2.81 bits per heavy atom. The highest BCUT2D eigenvalue weighted by Gasteiger charge is 2.13. The molecule has 2 aromatic rings. The second-order valence-electron chi connectivity index (χ2n) is 3.46. The van der Waals surface area contributed by atoms with E-state index in [2.05, 4.69) is 20.9 Å². The SMILES string of the molecule is Nc1ccc(Br)cc1C(O)c1cccnc1. The summed E-state index contributed by atoms with van der Waals surface area (Å²) in [5.41, 5.74) is 7.81. The van der Waals surface area contributed by atoms with Gasteiger partial charge in [0, 0.05) is 33.7 Å². The average Bonchev–Trinajstić information content (AvgIpc) is 2.32. The van der Waals surface area contributed by atoms with Crippen molar-refractivity contribution in [2.75, 3.05) is 5.73 Å². The van der Waals surface area contributed by atoms with Gasteiger partial charge >= 0.3 is 0 Å². The maximum absolute atomic E-state index is 10.2. The summed E-state index contributed by atoms with van der Waals surface area (Å²) in [6.07, 6.45) is 2.55. The molecule has 2 rings (SSSR count). The van der Waals surface area contributed by atoms with Crippen molar-refractivity contribution in [2.45, 2.75) is 6.10 Å². The van der Waals surface area contributed by atoms with Gasteiger partial charge in [-0.15, -0.1) is 0 Å². The lowest BCUT2D eigenvalue weighted by Crippen LogP contribution is -2.04. The second-order valence-corrected chi connectivity index (χ2v) is 4.38. The molecule has 1 unspecified atom stereocenters. The summed E-state index contributed by atoms with van der Waals surface area (Å²) in [7, 11) is 0. The van der Waals surface area contributed by atoms with E-state index in [1.165, 1.54) is 0 Å². The fraction of sp³-hybridized carbons (Fsp3) is 0.0833. The van der Waals surface area contributed by atoms with Crippen LogP contribution in [0.2, 0.25) is 0 Å². The lowest BCUT2D eigenvalue weighted by molar-refractivity contribution is 0.220. The first kappa shape index (κ1) is 11.1. The Morgan fingerprint density at radius 2 is 2.12 bits per heavy atom. The van der Waals surface area contributed by atoms with Crippen LogP contribution in [0.15, 0.2) is 47.2 Å². The number of anilines is 1. The van der Waals surface area contributed by atoms with Crippen LogP contribution in [0.1, 0.15) is 17.2 Å². The van der Waals surface area contributed by atoms with Gasteiger partial charge in [-0.3, -0.25) is 4.98 Å². The summed E-state index contributed by atoms with van der Waals surface area (Å²) in [5.74, 6) is 0. The van der Waals surface area contributed by atoms with E-state index in [9.17, 15) is 5.11 Å². The molecule has 0 saturated heterocycles. The van der Waals surface area contributed by atoms with Gasteiger partial charge in [0.1, 0.15) is 6.10 Å². The number of aliphatic hydroxyl groups is 1. The predicted octanol–water partition coefficient (Wildman–Crippen LogP) is 2.51. The molecule has 3 nitrogen and oxygen atoms in total. The van der Waals surface area contributed by atoms with E-state index in [0.717, 1.165) is 10.0 Å². The van der Waals surface area contributed by atoms with Gasteiger partial charge in [-0.1, -0.05) is 22.0 Å². The molecular formula is C12H11BrN2O. The number of rotatable bonds is 2. The van der Waals surface area contributed by atoms with Gasteiger partial charge < -0.3 is 10.8 Å². The number of halogens is 1. The van der Waals surface area contributed by atoms with Crippen LogP contribution in [0.4, 0.5) is 5.69 Å². The molecule has 0 amide bonds. The number of nitrogens with two attached hydrogens (primary N) is 1. The molecule has 0 bridgehead atoms. The minimum Gasteiger partial charge on any atom is -0.398 e. The number of pyridine rings is 1. The topological polar surface area (TPSA) is 59.1 Å². The molecule has 0 fully saturated rings. The number of nitrogen functional groups attached to an aromatic ring is 1. The molecule has 0 aliphatic carbocycles. The molecule has 0 spiro atoms. The highest BCUT2D eigenvalue weighted by Crippen LogP contribution is 2.28. The van der Waals surface area contributed by atoms with Crippen LogP contribution < -0.4 is 5.73 Å². The quantitative estimate of drug-likeness (QED) is 0.830. The van der Waals surface area contributed by atoms with Gasteiger partial charge in [-0.05, 0) is 24.3 Å². The highest BCUT2D eigenvalue weighted by molar-refractivity contribution is 9.10. The van der Waals surface area contributed by atoms with Crippen molar-refractivity contribution in [1.82, 2.24) is 4.98 Å². The van der Waals surface area contributed by atoms with Gasteiger partial charge in [0.2, 0.25) is 0 Å². The van der Waals surface area contributed by atoms with Crippen LogP contribution in [0.5, 0.6) is 0 Å². The van der Waals surface area contributed by atoms with E-state index in [1.807, 2.05) is 18.2 Å². The zero-order chi connectivity index (χ0) is 11.5. The molecule has 82 valence electrons. The molecule has 1 aromatic carbocycles. The molecule has 0 aliphatic rings. The van der Waals surface area contributed by atoms with Crippen molar-refractivity contribution in [1.29, 1.82) is 0 Å². The van der Waals surface area contributed by atoms with Gasteiger partial charge in [0.25, 0.3) is 0 Å². The van der Waals surface area contributed by atoms with E-state index in [-0.39, 0.29) is 0 Å². The van der Waals surface area contributed by atoms with E-state index >= 15 is 0 Å². The molecular weight excluding hydrogens is 268 g/mol. The van der Waals surface area contributed by atoms with Crippen molar-refractivity contribution in [3.05, 3.63) is 58.3 Å². The van der Waals surface area contributed by atoms with Crippen molar-refractivity contribution in [3.8, 4) is 0 Å². The van der Waals surface area contributed by atoms with Crippen LogP contribution in [-0.4, -0.2) is 10.1 Å². The van der Waals surface area contributed by atoms with Crippen LogP contribution >= 0.6 is 15.9 Å². The summed E-state index contributed by atoms with van der Waals surface area (Å²) in [6, 6.07) is 9.02. The van der Waals surface area contributed by atoms with E-state index in [0.29, 0.717) is 11.3 Å². The molecule has 4 heteroatoms. The Morgan fingerprint density at radius 1 is 1.31 bits per heavy atom. The lowest BCUT2D eigenvalue weighted by Gasteiger charge is -2.13. The first-order valence-electron chi connectivity index (χ1n) is 4.81. The van der Waals surface area contributed by atoms with Crippen molar-refractivity contribution in [2.24, 2.45) is 0 Å². The molecule has 0 radical (unpaired) electrons. The summed E-state index contributed by atoms with van der Waals surface area (Å²) >= 11 is 3.35. The van der Waals surface area contributed by atoms with E-state index < -0.39 is 6.10 Å². The first-order chi connectivity index (χ1) is 7.68. The lowest BCUT2D eigenvalue weighted by atomic mass is 10.0. The number of hydrogen-bond acceptors (Lipinski definition) is 3. The summed E-state index contributed by atoms with van der Waals surface area (Å²) < 4.78 is 0.889. The second kappa shape index (κ2) is 4.63. The number of nitrogens with zero attached hydrogens (tertiary/aromatic N) is 1. The van der Waals surface area contributed by atoms with Gasteiger partial charge in [-0.25, -0.2) is 0 Å². The first-order valence-corrected chi connectivity index (χ1v) is 5.60. The maximum atomic E-state index is 10.2. The number of hydrogen-bond donors (Lipinski definition) is 2.